The van der Waals surface area contributed by atoms with E-state index in [9.17, 15) is 14.4 Å². The van der Waals surface area contributed by atoms with Gasteiger partial charge in [-0.05, 0) is 43.1 Å². The van der Waals surface area contributed by atoms with E-state index < -0.39 is 11.9 Å². The highest BCUT2D eigenvalue weighted by atomic mass is 16.5. The first-order chi connectivity index (χ1) is 14.5. The van der Waals surface area contributed by atoms with E-state index in [0.717, 1.165) is 43.8 Å². The van der Waals surface area contributed by atoms with Gasteiger partial charge >= 0.3 is 0 Å². The summed E-state index contributed by atoms with van der Waals surface area (Å²) in [5, 5.41) is 5.91. The van der Waals surface area contributed by atoms with Crippen LogP contribution in [0.15, 0.2) is 18.2 Å². The van der Waals surface area contributed by atoms with Crippen LogP contribution in [-0.4, -0.2) is 65.5 Å². The Balaban J connectivity index is 1.42. The lowest BCUT2D eigenvalue weighted by molar-refractivity contribution is -0.136. The zero-order chi connectivity index (χ0) is 21.3. The van der Waals surface area contributed by atoms with E-state index in [1.54, 1.807) is 11.0 Å². The summed E-state index contributed by atoms with van der Waals surface area (Å²) in [5.74, 6) is -0.0913. The molecule has 162 valence electrons. The van der Waals surface area contributed by atoms with Gasteiger partial charge in [0.25, 0.3) is 5.91 Å². The zero-order valence-electron chi connectivity index (χ0n) is 17.6. The number of rotatable bonds is 6. The quantitative estimate of drug-likeness (QED) is 0.681. The average Bonchev–Trinajstić information content (AvgIpc) is 3.05. The van der Waals surface area contributed by atoms with Crippen LogP contribution in [0.4, 0.5) is 0 Å². The van der Waals surface area contributed by atoms with Crippen molar-refractivity contribution in [1.82, 2.24) is 20.4 Å². The van der Waals surface area contributed by atoms with Crippen LogP contribution in [0.5, 0.6) is 5.75 Å². The summed E-state index contributed by atoms with van der Waals surface area (Å²) in [4.78, 5) is 40.4. The van der Waals surface area contributed by atoms with Gasteiger partial charge in [-0.1, -0.05) is 20.3 Å². The Bertz CT molecular complexity index is 842. The van der Waals surface area contributed by atoms with Crippen molar-refractivity contribution in [3.05, 3.63) is 29.3 Å². The smallest absolute Gasteiger partial charge is 0.255 e. The highest BCUT2D eigenvalue weighted by molar-refractivity contribution is 6.05. The topological polar surface area (TPSA) is 91.0 Å². The fourth-order valence-corrected chi connectivity index (χ4v) is 4.65. The highest BCUT2D eigenvalue weighted by Gasteiger charge is 2.39. The zero-order valence-corrected chi connectivity index (χ0v) is 17.6. The molecule has 3 aliphatic rings. The lowest BCUT2D eigenvalue weighted by Crippen LogP contribution is -2.58. The molecule has 8 nitrogen and oxygen atoms in total. The summed E-state index contributed by atoms with van der Waals surface area (Å²) in [7, 11) is 0. The number of piperidine rings is 1. The molecule has 2 saturated heterocycles. The summed E-state index contributed by atoms with van der Waals surface area (Å²) in [6.45, 7) is 7.35. The molecule has 0 radical (unpaired) electrons. The summed E-state index contributed by atoms with van der Waals surface area (Å²) in [6.07, 6.45) is 3.33. The maximum atomic E-state index is 12.8. The molecular weight excluding hydrogens is 384 g/mol. The molecule has 0 saturated carbocycles. The van der Waals surface area contributed by atoms with E-state index in [-0.39, 0.29) is 24.3 Å². The standard InChI is InChI=1S/C22H30N4O4/c1-3-5-19-23-11-16(13-25(19)4-2)30-15-6-7-17-14(10-15)12-26(22(17)29)18-8-9-20(27)24-21(18)28/h6-7,10,16,18-19,23H,3-5,8-9,11-13H2,1-2H3,(H,24,27,28)/t16-,18?,19+/m1/s1. The van der Waals surface area contributed by atoms with E-state index in [4.69, 9.17) is 4.74 Å². The third-order valence-corrected chi connectivity index (χ3v) is 6.23. The lowest BCUT2D eigenvalue weighted by atomic mass is 10.0. The second kappa shape index (κ2) is 8.73. The number of nitrogens with zero attached hydrogens (tertiary/aromatic N) is 2. The number of hydrogen-bond acceptors (Lipinski definition) is 6. The number of nitrogens with one attached hydrogen (secondary N) is 2. The minimum Gasteiger partial charge on any atom is -0.488 e. The summed E-state index contributed by atoms with van der Waals surface area (Å²) in [5.41, 5.74) is 1.47. The summed E-state index contributed by atoms with van der Waals surface area (Å²) < 4.78 is 6.23. The largest absolute Gasteiger partial charge is 0.488 e. The van der Waals surface area contributed by atoms with Crippen LogP contribution in [0, 0.1) is 0 Å². The number of fused-ring (bicyclic) bond motifs is 1. The molecule has 1 aromatic carbocycles. The monoisotopic (exact) mass is 414 g/mol. The van der Waals surface area contributed by atoms with Gasteiger partial charge in [0.15, 0.2) is 0 Å². The predicted octanol–water partition coefficient (Wildman–Crippen LogP) is 1.25. The molecule has 0 spiro atoms. The Hall–Kier alpha value is -2.45. The average molecular weight is 415 g/mol. The van der Waals surface area contributed by atoms with Gasteiger partial charge in [-0.2, -0.15) is 0 Å². The molecule has 4 rings (SSSR count). The second-order valence-electron chi connectivity index (χ2n) is 8.26. The van der Waals surface area contributed by atoms with Crippen molar-refractivity contribution in [2.24, 2.45) is 0 Å². The van der Waals surface area contributed by atoms with Gasteiger partial charge in [0.1, 0.15) is 17.9 Å². The van der Waals surface area contributed by atoms with E-state index in [1.807, 2.05) is 12.1 Å². The van der Waals surface area contributed by atoms with Crippen molar-refractivity contribution in [2.45, 2.75) is 64.4 Å². The molecule has 0 aliphatic carbocycles. The van der Waals surface area contributed by atoms with Gasteiger partial charge in [-0.25, -0.2) is 0 Å². The van der Waals surface area contributed by atoms with Crippen molar-refractivity contribution in [1.29, 1.82) is 0 Å². The minimum atomic E-state index is -0.594. The van der Waals surface area contributed by atoms with Gasteiger partial charge in [-0.15, -0.1) is 0 Å². The van der Waals surface area contributed by atoms with Crippen molar-refractivity contribution in [3.8, 4) is 5.75 Å². The molecule has 8 heteroatoms. The maximum Gasteiger partial charge on any atom is 0.255 e. The molecule has 3 heterocycles. The first-order valence-electron chi connectivity index (χ1n) is 10.9. The minimum absolute atomic E-state index is 0.0412. The van der Waals surface area contributed by atoms with Crippen LogP contribution in [0.25, 0.3) is 0 Å². The van der Waals surface area contributed by atoms with Gasteiger partial charge in [0.2, 0.25) is 11.8 Å². The Kier molecular flexibility index (Phi) is 6.06. The maximum absolute atomic E-state index is 12.8. The lowest BCUT2D eigenvalue weighted by Gasteiger charge is -2.39. The summed E-state index contributed by atoms with van der Waals surface area (Å²) >= 11 is 0. The normalized spacial score (nSPS) is 27.2. The van der Waals surface area contributed by atoms with Gasteiger partial charge in [-0.3, -0.25) is 29.9 Å². The molecule has 1 unspecified atom stereocenters. The van der Waals surface area contributed by atoms with Crippen LogP contribution < -0.4 is 15.4 Å². The molecular formula is C22H30N4O4. The number of imide groups is 1. The molecule has 3 atom stereocenters. The van der Waals surface area contributed by atoms with Crippen molar-refractivity contribution < 1.29 is 19.1 Å². The van der Waals surface area contributed by atoms with Crippen molar-refractivity contribution in [3.63, 3.8) is 0 Å². The van der Waals surface area contributed by atoms with Crippen LogP contribution in [0.3, 0.4) is 0 Å². The van der Waals surface area contributed by atoms with Crippen molar-refractivity contribution in [2.75, 3.05) is 19.6 Å². The molecule has 3 amide bonds. The number of benzene rings is 1. The molecule has 3 aliphatic heterocycles. The third-order valence-electron chi connectivity index (χ3n) is 6.23. The van der Waals surface area contributed by atoms with Gasteiger partial charge in [0.05, 0.1) is 6.17 Å². The fourth-order valence-electron chi connectivity index (χ4n) is 4.65. The number of amides is 3. The fraction of sp³-hybridized carbons (Fsp3) is 0.591. The number of hydrogen-bond donors (Lipinski definition) is 2. The van der Waals surface area contributed by atoms with Crippen LogP contribution in [0.2, 0.25) is 0 Å². The van der Waals surface area contributed by atoms with Crippen LogP contribution in [-0.2, 0) is 16.1 Å². The van der Waals surface area contributed by atoms with E-state index in [1.165, 1.54) is 0 Å². The third kappa shape index (κ3) is 4.06. The molecule has 1 aromatic rings. The van der Waals surface area contributed by atoms with Crippen molar-refractivity contribution >= 4 is 17.7 Å². The number of likely N-dealkylation sites (N-methyl/N-ethyl adjacent to an activating group) is 1. The first kappa shape index (κ1) is 20.8. The Morgan fingerprint density at radius 3 is 2.77 bits per heavy atom. The second-order valence-corrected chi connectivity index (χ2v) is 8.26. The molecule has 30 heavy (non-hydrogen) atoms. The van der Waals surface area contributed by atoms with E-state index >= 15 is 0 Å². The SMILES string of the molecule is CCC[C@H]1NC[C@@H](Oc2ccc3c(c2)CN(C2CCC(=O)NC2=O)C3=O)CN1CC. The van der Waals surface area contributed by atoms with Gasteiger partial charge < -0.3 is 9.64 Å². The Morgan fingerprint density at radius 2 is 2.03 bits per heavy atom. The number of carbonyl (C=O) groups excluding carboxylic acids is 3. The summed E-state index contributed by atoms with van der Waals surface area (Å²) in [6, 6.07) is 4.93. The van der Waals surface area contributed by atoms with Gasteiger partial charge in [0, 0.05) is 31.6 Å². The van der Waals surface area contributed by atoms with E-state index in [0.29, 0.717) is 24.7 Å². The number of carbonyl (C=O) groups is 3. The van der Waals surface area contributed by atoms with Crippen LogP contribution >= 0.6 is 0 Å². The predicted molar refractivity (Wildman–Crippen MR) is 111 cm³/mol. The van der Waals surface area contributed by atoms with E-state index in [2.05, 4.69) is 29.4 Å². The molecule has 0 bridgehead atoms. The first-order valence-corrected chi connectivity index (χ1v) is 10.9. The molecule has 2 N–H and O–H groups in total. The Labute approximate surface area is 176 Å². The highest BCUT2D eigenvalue weighted by Crippen LogP contribution is 2.30. The number of ether oxygens (including phenoxy) is 1. The Morgan fingerprint density at radius 1 is 1.20 bits per heavy atom. The molecule has 2 fully saturated rings. The molecule has 0 aromatic heterocycles. The van der Waals surface area contributed by atoms with Crippen LogP contribution in [0.1, 0.15) is 55.5 Å².